The van der Waals surface area contributed by atoms with Crippen molar-refractivity contribution in [2.45, 2.75) is 45.6 Å². The number of hydrogen-bond acceptors (Lipinski definition) is 6. The lowest BCUT2D eigenvalue weighted by Gasteiger charge is -2.29. The average molecular weight is 485 g/mol. The van der Waals surface area contributed by atoms with Gasteiger partial charge < -0.3 is 14.7 Å². The number of carbonyl (C=O) groups is 2. The molecule has 0 saturated heterocycles. The van der Waals surface area contributed by atoms with Gasteiger partial charge in [0.2, 0.25) is 0 Å². The highest BCUT2D eigenvalue weighted by molar-refractivity contribution is 5.90. The number of carbonyl (C=O) groups excluding carboxylic acids is 1. The SMILES string of the molecule is CC(C)(C)OC(=O)c1ccc(ON2CCCc3c(C(F)F)nn(-c4cccc(C(=O)O)c4)c32)cc1. The second-order valence-electron chi connectivity index (χ2n) is 9.08. The van der Waals surface area contributed by atoms with Crippen molar-refractivity contribution in [3.8, 4) is 11.4 Å². The van der Waals surface area contributed by atoms with Gasteiger partial charge in [0.05, 0.1) is 23.4 Å². The summed E-state index contributed by atoms with van der Waals surface area (Å²) in [6.07, 6.45) is -1.87. The Hall–Kier alpha value is -3.95. The highest BCUT2D eigenvalue weighted by Gasteiger charge is 2.32. The number of fused-ring (bicyclic) bond motifs is 1. The van der Waals surface area contributed by atoms with Gasteiger partial charge in [-0.3, -0.25) is 0 Å². The Morgan fingerprint density at radius 2 is 1.80 bits per heavy atom. The molecular weight excluding hydrogens is 460 g/mol. The van der Waals surface area contributed by atoms with E-state index >= 15 is 0 Å². The molecule has 1 aliphatic heterocycles. The van der Waals surface area contributed by atoms with Gasteiger partial charge >= 0.3 is 11.9 Å². The summed E-state index contributed by atoms with van der Waals surface area (Å²) in [6, 6.07) is 12.2. The first-order valence-electron chi connectivity index (χ1n) is 11.1. The zero-order valence-corrected chi connectivity index (χ0v) is 19.5. The van der Waals surface area contributed by atoms with E-state index in [0.29, 0.717) is 47.8 Å². The molecule has 0 saturated carbocycles. The zero-order valence-electron chi connectivity index (χ0n) is 19.5. The number of aromatic carboxylic acids is 1. The van der Waals surface area contributed by atoms with Crippen LogP contribution in [0.25, 0.3) is 5.69 Å². The van der Waals surface area contributed by atoms with Gasteiger partial charge in [0.25, 0.3) is 6.43 Å². The summed E-state index contributed by atoms with van der Waals surface area (Å²) in [5, 5.41) is 14.9. The van der Waals surface area contributed by atoms with E-state index in [1.807, 2.05) is 0 Å². The molecule has 35 heavy (non-hydrogen) atoms. The zero-order chi connectivity index (χ0) is 25.3. The van der Waals surface area contributed by atoms with E-state index < -0.39 is 24.0 Å². The molecule has 0 unspecified atom stereocenters. The number of nitrogens with zero attached hydrogens (tertiary/aromatic N) is 3. The normalized spacial score (nSPS) is 13.5. The minimum atomic E-state index is -2.80. The number of ether oxygens (including phenoxy) is 1. The van der Waals surface area contributed by atoms with Crippen LogP contribution in [0.5, 0.6) is 5.75 Å². The van der Waals surface area contributed by atoms with E-state index in [-0.39, 0.29) is 11.3 Å². The lowest BCUT2D eigenvalue weighted by atomic mass is 10.1. The number of esters is 1. The summed E-state index contributed by atoms with van der Waals surface area (Å²) in [5.41, 5.74) is 0.0267. The number of carboxylic acid groups (broad SMARTS) is 1. The molecule has 0 bridgehead atoms. The molecule has 10 heteroatoms. The fraction of sp³-hybridized carbons (Fsp3) is 0.320. The van der Waals surface area contributed by atoms with Gasteiger partial charge in [-0.15, -0.1) is 0 Å². The number of aromatic nitrogens is 2. The van der Waals surface area contributed by atoms with Crippen LogP contribution in [-0.2, 0) is 11.2 Å². The maximum atomic E-state index is 13.8. The summed E-state index contributed by atoms with van der Waals surface area (Å²) in [6.45, 7) is 5.73. The Balaban J connectivity index is 1.67. The van der Waals surface area contributed by atoms with Crippen molar-refractivity contribution >= 4 is 17.8 Å². The van der Waals surface area contributed by atoms with E-state index in [2.05, 4.69) is 5.10 Å². The number of benzene rings is 2. The summed E-state index contributed by atoms with van der Waals surface area (Å²) in [7, 11) is 0. The van der Waals surface area contributed by atoms with Gasteiger partial charge in [0, 0.05) is 5.56 Å². The van der Waals surface area contributed by atoms with E-state index in [1.54, 1.807) is 51.1 Å². The number of alkyl halides is 2. The van der Waals surface area contributed by atoms with Gasteiger partial charge in [0.15, 0.2) is 11.6 Å². The van der Waals surface area contributed by atoms with Crippen LogP contribution >= 0.6 is 0 Å². The van der Waals surface area contributed by atoms with E-state index in [9.17, 15) is 23.5 Å². The number of carboxylic acids is 1. The topological polar surface area (TPSA) is 93.9 Å². The van der Waals surface area contributed by atoms with Crippen molar-refractivity contribution in [2.75, 3.05) is 11.6 Å². The van der Waals surface area contributed by atoms with E-state index in [4.69, 9.17) is 9.57 Å². The first kappa shape index (κ1) is 24.2. The summed E-state index contributed by atoms with van der Waals surface area (Å²) in [5.74, 6) is -0.913. The third kappa shape index (κ3) is 5.26. The first-order chi connectivity index (χ1) is 16.5. The third-order valence-corrected chi connectivity index (χ3v) is 5.26. The standard InChI is InChI=1S/C25H25F2N3O5/c1-25(2,3)34-24(33)15-9-11-18(12-10-15)35-29-13-5-8-19-20(21(26)27)28-30(22(19)29)17-7-4-6-16(14-17)23(31)32/h4,6-7,9-12,14,21H,5,8,13H2,1-3H3,(H,31,32). The van der Waals surface area contributed by atoms with Crippen LogP contribution in [0.3, 0.4) is 0 Å². The minimum absolute atomic E-state index is 0.00589. The van der Waals surface area contributed by atoms with Crippen LogP contribution in [0.15, 0.2) is 48.5 Å². The Morgan fingerprint density at radius 3 is 2.43 bits per heavy atom. The van der Waals surface area contributed by atoms with Gasteiger partial charge in [-0.1, -0.05) is 6.07 Å². The lowest BCUT2D eigenvalue weighted by molar-refractivity contribution is 0.00692. The highest BCUT2D eigenvalue weighted by atomic mass is 19.3. The van der Waals surface area contributed by atoms with Crippen molar-refractivity contribution in [2.24, 2.45) is 0 Å². The average Bonchev–Trinajstić information content (AvgIpc) is 3.20. The summed E-state index contributed by atoms with van der Waals surface area (Å²) < 4.78 is 34.3. The van der Waals surface area contributed by atoms with Crippen LogP contribution in [0, 0.1) is 0 Å². The number of anilines is 1. The van der Waals surface area contributed by atoms with Crippen molar-refractivity contribution in [3.63, 3.8) is 0 Å². The molecule has 0 amide bonds. The molecule has 8 nitrogen and oxygen atoms in total. The maximum Gasteiger partial charge on any atom is 0.338 e. The monoisotopic (exact) mass is 485 g/mol. The van der Waals surface area contributed by atoms with E-state index in [0.717, 1.165) is 0 Å². The fourth-order valence-electron chi connectivity index (χ4n) is 3.79. The summed E-state index contributed by atoms with van der Waals surface area (Å²) in [4.78, 5) is 29.7. The lowest BCUT2D eigenvalue weighted by Crippen LogP contribution is -2.34. The second-order valence-corrected chi connectivity index (χ2v) is 9.08. The second kappa shape index (κ2) is 9.36. The Labute approximate surface area is 200 Å². The van der Waals surface area contributed by atoms with Crippen molar-refractivity contribution in [1.82, 2.24) is 9.78 Å². The van der Waals surface area contributed by atoms with Crippen LogP contribution in [0.4, 0.5) is 14.6 Å². The molecule has 0 atom stereocenters. The molecule has 0 radical (unpaired) electrons. The van der Waals surface area contributed by atoms with E-state index in [1.165, 1.54) is 27.9 Å². The predicted molar refractivity (Wildman–Crippen MR) is 123 cm³/mol. The van der Waals surface area contributed by atoms with Crippen LogP contribution in [0.1, 0.15) is 65.6 Å². The molecule has 4 rings (SSSR count). The molecule has 1 N–H and O–H groups in total. The number of hydroxylamine groups is 1. The molecule has 2 aromatic carbocycles. The Morgan fingerprint density at radius 1 is 1.09 bits per heavy atom. The molecule has 0 aliphatic carbocycles. The molecule has 184 valence electrons. The summed E-state index contributed by atoms with van der Waals surface area (Å²) >= 11 is 0. The van der Waals surface area contributed by atoms with Crippen LogP contribution in [-0.4, -0.2) is 39.0 Å². The van der Waals surface area contributed by atoms with Crippen LogP contribution in [0.2, 0.25) is 0 Å². The molecule has 1 aromatic heterocycles. The molecule has 0 fully saturated rings. The van der Waals surface area contributed by atoms with Gasteiger partial charge in [-0.05, 0) is 76.1 Å². The van der Waals surface area contributed by atoms with Gasteiger partial charge in [-0.25, -0.2) is 23.1 Å². The molecule has 3 aromatic rings. The highest BCUT2D eigenvalue weighted by Crippen LogP contribution is 2.37. The number of rotatable bonds is 6. The molecule has 2 heterocycles. The quantitative estimate of drug-likeness (QED) is 0.479. The maximum absolute atomic E-state index is 13.8. The van der Waals surface area contributed by atoms with Gasteiger partial charge in [0.1, 0.15) is 11.3 Å². The minimum Gasteiger partial charge on any atom is -0.478 e. The van der Waals surface area contributed by atoms with Crippen molar-refractivity contribution < 1.29 is 33.1 Å². The number of hydrogen-bond donors (Lipinski definition) is 1. The molecule has 1 aliphatic rings. The third-order valence-electron chi connectivity index (χ3n) is 5.26. The van der Waals surface area contributed by atoms with Gasteiger partial charge in [-0.2, -0.15) is 10.2 Å². The van der Waals surface area contributed by atoms with Crippen molar-refractivity contribution in [3.05, 3.63) is 70.9 Å². The predicted octanol–water partition coefficient (Wildman–Crippen LogP) is 5.21. The first-order valence-corrected chi connectivity index (χ1v) is 11.1. The fourth-order valence-corrected chi connectivity index (χ4v) is 3.79. The molecule has 0 spiro atoms. The Bertz CT molecular complexity index is 1250. The molecular formula is C25H25F2N3O5. The smallest absolute Gasteiger partial charge is 0.338 e. The number of halogens is 2. The Kier molecular flexibility index (Phi) is 6.47. The van der Waals surface area contributed by atoms with Crippen LogP contribution < -0.4 is 9.90 Å². The largest absolute Gasteiger partial charge is 0.478 e. The van der Waals surface area contributed by atoms with Crippen molar-refractivity contribution in [1.29, 1.82) is 0 Å².